The largest absolute Gasteiger partial charge is 0.465 e. The van der Waals surface area contributed by atoms with Crippen LogP contribution in [-0.4, -0.2) is 35.5 Å². The zero-order chi connectivity index (χ0) is 11.5. The highest BCUT2D eigenvalue weighted by atomic mass is 16.5. The zero-order valence-corrected chi connectivity index (χ0v) is 8.73. The fourth-order valence-corrected chi connectivity index (χ4v) is 1.62. The standard InChI is InChI=1S/C8H14N4O3/c1-8(2)3-5(11-12-9)6(4-15-8)10-7(13)14/h5-6,9-10H,3-4H2,1-2H3/p+1/t5-,6+/m0/s1. The minimum Gasteiger partial charge on any atom is -0.465 e. The Kier molecular flexibility index (Phi) is 3.39. The summed E-state index contributed by atoms with van der Waals surface area (Å²) < 4.78 is 5.47. The number of amides is 1. The fourth-order valence-electron chi connectivity index (χ4n) is 1.62. The lowest BCUT2D eigenvalue weighted by molar-refractivity contribution is -0.0724. The average molecular weight is 215 g/mol. The van der Waals surface area contributed by atoms with Crippen molar-refractivity contribution in [3.8, 4) is 0 Å². The van der Waals surface area contributed by atoms with Gasteiger partial charge in [-0.05, 0) is 13.8 Å². The van der Waals surface area contributed by atoms with Gasteiger partial charge in [-0.15, -0.1) is 0 Å². The maximum Gasteiger partial charge on any atom is 0.405 e. The second kappa shape index (κ2) is 4.37. The number of nitrogens with one attached hydrogen (secondary N) is 2. The van der Waals surface area contributed by atoms with Crippen molar-refractivity contribution in [1.29, 1.82) is 5.53 Å². The highest BCUT2D eigenvalue weighted by Gasteiger charge is 2.39. The van der Waals surface area contributed by atoms with Crippen LogP contribution in [0, 0.1) is 5.53 Å². The first kappa shape index (κ1) is 11.6. The van der Waals surface area contributed by atoms with Gasteiger partial charge in [-0.2, -0.15) is 0 Å². The molecule has 1 saturated heterocycles. The second-order valence-electron chi connectivity index (χ2n) is 4.11. The van der Waals surface area contributed by atoms with Gasteiger partial charge in [0.1, 0.15) is 10.6 Å². The van der Waals surface area contributed by atoms with Crippen molar-refractivity contribution in [2.24, 2.45) is 5.11 Å². The number of hydrogen-bond donors (Lipinski definition) is 3. The number of carboxylic acid groups (broad SMARTS) is 1. The van der Waals surface area contributed by atoms with Crippen molar-refractivity contribution >= 4 is 6.09 Å². The lowest BCUT2D eigenvalue weighted by atomic mass is 9.91. The summed E-state index contributed by atoms with van der Waals surface area (Å²) in [5.41, 5.74) is 6.33. The molecule has 0 radical (unpaired) electrons. The molecule has 0 aromatic heterocycles. The maximum atomic E-state index is 10.5. The van der Waals surface area contributed by atoms with Gasteiger partial charge in [-0.3, -0.25) is 0 Å². The SMILES string of the molecule is CC1(C)C[C@H](N=[N+]=N)[C@H](NC(=O)O)CO1. The molecule has 0 unspecified atom stereocenters. The van der Waals surface area contributed by atoms with E-state index in [0.717, 1.165) is 0 Å². The van der Waals surface area contributed by atoms with E-state index in [0.29, 0.717) is 6.42 Å². The molecule has 2 atom stereocenters. The third-order valence-corrected chi connectivity index (χ3v) is 2.33. The van der Waals surface area contributed by atoms with Crippen LogP contribution in [-0.2, 0) is 4.74 Å². The van der Waals surface area contributed by atoms with E-state index in [9.17, 15) is 4.79 Å². The summed E-state index contributed by atoms with van der Waals surface area (Å²) in [5, 5.41) is 14.6. The molecule has 0 aliphatic carbocycles. The Labute approximate surface area is 87.0 Å². The van der Waals surface area contributed by atoms with Crippen LogP contribution in [0.4, 0.5) is 4.79 Å². The molecule has 1 fully saturated rings. The summed E-state index contributed by atoms with van der Waals surface area (Å²) in [6.45, 7) is 4.05. The Morgan fingerprint density at radius 3 is 2.93 bits per heavy atom. The quantitative estimate of drug-likeness (QED) is 0.466. The first-order valence-corrected chi connectivity index (χ1v) is 4.64. The van der Waals surface area contributed by atoms with E-state index < -0.39 is 12.1 Å². The molecule has 1 amide bonds. The number of ether oxygens (including phenoxy) is 1. The number of carbonyl (C=O) groups is 1. The number of nitrogens with zero attached hydrogens (tertiary/aromatic N) is 2. The molecular weight excluding hydrogens is 200 g/mol. The Bertz CT molecular complexity index is 298. The summed E-state index contributed by atoms with van der Waals surface area (Å²) in [6, 6.07) is -0.757. The molecular formula is C8H15N4O3+. The first-order chi connectivity index (χ1) is 6.94. The molecule has 7 heteroatoms. The van der Waals surface area contributed by atoms with Gasteiger partial charge in [-0.25, -0.2) is 4.79 Å². The van der Waals surface area contributed by atoms with Crippen molar-refractivity contribution in [3.63, 3.8) is 0 Å². The van der Waals surface area contributed by atoms with E-state index in [1.165, 1.54) is 0 Å². The van der Waals surface area contributed by atoms with Gasteiger partial charge in [-0.1, -0.05) is 0 Å². The van der Waals surface area contributed by atoms with E-state index in [4.69, 9.17) is 15.4 Å². The van der Waals surface area contributed by atoms with E-state index >= 15 is 0 Å². The lowest BCUT2D eigenvalue weighted by Gasteiger charge is -2.36. The highest BCUT2D eigenvalue weighted by Crippen LogP contribution is 2.26. The summed E-state index contributed by atoms with van der Waals surface area (Å²) in [6.07, 6.45) is -0.575. The summed E-state index contributed by atoms with van der Waals surface area (Å²) in [4.78, 5) is 13.5. The van der Waals surface area contributed by atoms with Crippen LogP contribution in [0.1, 0.15) is 20.3 Å². The molecule has 0 bridgehead atoms. The van der Waals surface area contributed by atoms with Crippen LogP contribution in [0.15, 0.2) is 5.11 Å². The Morgan fingerprint density at radius 1 is 1.73 bits per heavy atom. The van der Waals surface area contributed by atoms with Crippen LogP contribution in [0.25, 0.3) is 0 Å². The molecule has 1 rings (SSSR count). The van der Waals surface area contributed by atoms with Crippen molar-refractivity contribution in [2.75, 3.05) is 6.61 Å². The molecule has 1 aliphatic heterocycles. The minimum absolute atomic E-state index is 0.253. The Hall–Kier alpha value is -1.46. The normalized spacial score (nSPS) is 28.9. The smallest absolute Gasteiger partial charge is 0.405 e. The highest BCUT2D eigenvalue weighted by molar-refractivity contribution is 5.65. The summed E-state index contributed by atoms with van der Waals surface area (Å²) in [5.74, 6) is 0. The molecule has 15 heavy (non-hydrogen) atoms. The summed E-state index contributed by atoms with van der Waals surface area (Å²) >= 11 is 0. The monoisotopic (exact) mass is 215 g/mol. The lowest BCUT2D eigenvalue weighted by Crippen LogP contribution is -2.53. The average Bonchev–Trinajstić information content (AvgIpc) is 2.09. The third-order valence-electron chi connectivity index (χ3n) is 2.33. The van der Waals surface area contributed by atoms with Crippen LogP contribution in [0.3, 0.4) is 0 Å². The third kappa shape index (κ3) is 3.30. The van der Waals surface area contributed by atoms with Crippen molar-refractivity contribution < 1.29 is 14.6 Å². The van der Waals surface area contributed by atoms with E-state index in [2.05, 4.69) is 15.3 Å². The van der Waals surface area contributed by atoms with Gasteiger partial charge < -0.3 is 15.2 Å². The molecule has 1 aliphatic rings. The number of hydrogen-bond acceptors (Lipinski definition) is 4. The molecule has 7 nitrogen and oxygen atoms in total. The van der Waals surface area contributed by atoms with E-state index in [-0.39, 0.29) is 18.2 Å². The van der Waals surface area contributed by atoms with Crippen molar-refractivity contribution in [1.82, 2.24) is 10.2 Å². The molecule has 0 aromatic rings. The van der Waals surface area contributed by atoms with Gasteiger partial charge in [0.2, 0.25) is 4.91 Å². The Morgan fingerprint density at radius 2 is 2.40 bits per heavy atom. The minimum atomic E-state index is -1.12. The van der Waals surface area contributed by atoms with Gasteiger partial charge in [0.15, 0.2) is 6.04 Å². The van der Waals surface area contributed by atoms with Crippen molar-refractivity contribution in [3.05, 3.63) is 0 Å². The van der Waals surface area contributed by atoms with Crippen molar-refractivity contribution in [2.45, 2.75) is 38.0 Å². The van der Waals surface area contributed by atoms with Gasteiger partial charge in [0.05, 0.1) is 18.2 Å². The van der Waals surface area contributed by atoms with Crippen LogP contribution >= 0.6 is 0 Å². The predicted molar refractivity (Wildman–Crippen MR) is 50.7 cm³/mol. The number of rotatable bonds is 2. The van der Waals surface area contributed by atoms with Crippen LogP contribution in [0.2, 0.25) is 0 Å². The topological polar surface area (TPSA) is 109 Å². The van der Waals surface area contributed by atoms with Crippen LogP contribution < -0.4 is 10.2 Å². The maximum absolute atomic E-state index is 10.5. The predicted octanol–water partition coefficient (Wildman–Crippen LogP) is 0.740. The van der Waals surface area contributed by atoms with Gasteiger partial charge >= 0.3 is 6.09 Å². The van der Waals surface area contributed by atoms with E-state index in [1.807, 2.05) is 13.8 Å². The Balaban J connectivity index is 2.71. The molecule has 0 saturated carbocycles. The first-order valence-electron chi connectivity index (χ1n) is 4.64. The van der Waals surface area contributed by atoms with Gasteiger partial charge in [0.25, 0.3) is 0 Å². The van der Waals surface area contributed by atoms with E-state index in [1.54, 1.807) is 0 Å². The molecule has 0 spiro atoms. The summed E-state index contributed by atoms with van der Waals surface area (Å²) in [7, 11) is 0. The molecule has 1 heterocycles. The molecule has 84 valence electrons. The van der Waals surface area contributed by atoms with Gasteiger partial charge in [0, 0.05) is 6.42 Å². The van der Waals surface area contributed by atoms with Crippen LogP contribution in [0.5, 0.6) is 0 Å². The second-order valence-corrected chi connectivity index (χ2v) is 4.11. The molecule has 0 aromatic carbocycles. The molecule has 3 N–H and O–H groups in total. The fraction of sp³-hybridized carbons (Fsp3) is 0.875. The zero-order valence-electron chi connectivity index (χ0n) is 8.73.